The van der Waals surface area contributed by atoms with E-state index in [2.05, 4.69) is 10.1 Å². The molecule has 3 unspecified atom stereocenters. The van der Waals surface area contributed by atoms with E-state index in [1.807, 2.05) is 0 Å². The lowest BCUT2D eigenvalue weighted by molar-refractivity contribution is -0.386. The normalized spacial score (nSPS) is 25.8. The van der Waals surface area contributed by atoms with Gasteiger partial charge in [-0.2, -0.15) is 13.2 Å². The van der Waals surface area contributed by atoms with Crippen LogP contribution >= 0.6 is 12.2 Å². The number of nitro benzene ring substituents is 1. The quantitative estimate of drug-likeness (QED) is 0.306. The summed E-state index contributed by atoms with van der Waals surface area (Å²) in [5, 5.41) is 24.9. The van der Waals surface area contributed by atoms with Crippen LogP contribution in [0.25, 0.3) is 0 Å². The Hall–Kier alpha value is -2.47. The molecule has 0 aliphatic carbocycles. The smallest absolute Gasteiger partial charge is 0.437 e. The Morgan fingerprint density at radius 1 is 1.46 bits per heavy atom. The van der Waals surface area contributed by atoms with Gasteiger partial charge in [0.1, 0.15) is 5.92 Å². The van der Waals surface area contributed by atoms with Crippen LogP contribution in [-0.4, -0.2) is 39.6 Å². The van der Waals surface area contributed by atoms with Crippen molar-refractivity contribution in [3.05, 3.63) is 39.9 Å². The van der Waals surface area contributed by atoms with Crippen LogP contribution in [-0.2, 0) is 9.53 Å². The zero-order chi connectivity index (χ0) is 19.7. The molecule has 1 aliphatic heterocycles. The van der Waals surface area contributed by atoms with Gasteiger partial charge in [0.25, 0.3) is 11.4 Å². The highest BCUT2D eigenvalue weighted by Gasteiger charge is 2.67. The molecule has 0 bridgehead atoms. The summed E-state index contributed by atoms with van der Waals surface area (Å²) in [6.07, 6.45) is -5.32. The average molecular weight is 393 g/mol. The van der Waals surface area contributed by atoms with Crippen LogP contribution in [0.2, 0.25) is 0 Å². The van der Waals surface area contributed by atoms with Gasteiger partial charge in [-0.25, -0.2) is 0 Å². The van der Waals surface area contributed by atoms with E-state index in [9.17, 15) is 33.2 Å². The van der Waals surface area contributed by atoms with Gasteiger partial charge in [0, 0.05) is 6.07 Å². The number of para-hydroxylation sites is 1. The second-order valence-corrected chi connectivity index (χ2v) is 5.79. The Kier molecular flexibility index (Phi) is 5.37. The number of nitrogens with zero attached hydrogens (tertiary/aromatic N) is 1. The van der Waals surface area contributed by atoms with Crippen LogP contribution in [0.5, 0.6) is 0 Å². The minimum Gasteiger partial charge on any atom is -0.466 e. The third-order valence-corrected chi connectivity index (χ3v) is 4.04. The molecule has 26 heavy (non-hydrogen) atoms. The summed E-state index contributed by atoms with van der Waals surface area (Å²) in [5.74, 6) is -3.67. The minimum absolute atomic E-state index is 0.248. The number of aliphatic hydroxyl groups is 1. The van der Waals surface area contributed by atoms with Gasteiger partial charge in [0.2, 0.25) is 0 Å². The van der Waals surface area contributed by atoms with Gasteiger partial charge >= 0.3 is 12.1 Å². The van der Waals surface area contributed by atoms with E-state index in [0.717, 1.165) is 6.07 Å². The summed E-state index contributed by atoms with van der Waals surface area (Å²) in [7, 11) is 0. The van der Waals surface area contributed by atoms with Gasteiger partial charge in [0.15, 0.2) is 5.11 Å². The van der Waals surface area contributed by atoms with E-state index in [-0.39, 0.29) is 12.2 Å². The standard InChI is InChI=1S/C14H14F3N3O5S/c1-2-25-11(21)9-10(7-5-3-4-6-8(7)20(23)24)18-12(26)19-13(9,22)14(15,16)17/h3-6,9-10,22H,2H2,1H3,(H2,18,19,26). The van der Waals surface area contributed by atoms with Gasteiger partial charge in [-0.05, 0) is 19.1 Å². The number of benzene rings is 1. The third-order valence-electron chi connectivity index (χ3n) is 3.82. The number of alkyl halides is 3. The number of rotatable bonds is 4. The molecule has 142 valence electrons. The average Bonchev–Trinajstić information content (AvgIpc) is 2.53. The zero-order valence-corrected chi connectivity index (χ0v) is 14.1. The number of hydrogen-bond donors (Lipinski definition) is 3. The number of nitro groups is 1. The van der Waals surface area contributed by atoms with Crippen molar-refractivity contribution in [2.45, 2.75) is 24.9 Å². The minimum atomic E-state index is -5.32. The van der Waals surface area contributed by atoms with Crippen molar-refractivity contribution in [3.63, 3.8) is 0 Å². The fourth-order valence-electron chi connectivity index (χ4n) is 2.71. The Balaban J connectivity index is 2.67. The Labute approximate surface area is 150 Å². The molecule has 1 fully saturated rings. The van der Waals surface area contributed by atoms with Crippen molar-refractivity contribution in [3.8, 4) is 0 Å². The Morgan fingerprint density at radius 3 is 2.62 bits per heavy atom. The van der Waals surface area contributed by atoms with Gasteiger partial charge in [-0.3, -0.25) is 14.9 Å². The van der Waals surface area contributed by atoms with Crippen molar-refractivity contribution in [2.24, 2.45) is 5.92 Å². The molecule has 1 aliphatic rings. The van der Waals surface area contributed by atoms with Gasteiger partial charge in [0.05, 0.1) is 23.1 Å². The first-order valence-corrected chi connectivity index (χ1v) is 7.71. The largest absolute Gasteiger partial charge is 0.466 e. The molecule has 0 radical (unpaired) electrons. The summed E-state index contributed by atoms with van der Waals surface area (Å²) in [6, 6.07) is 3.26. The fourth-order valence-corrected chi connectivity index (χ4v) is 3.00. The second kappa shape index (κ2) is 7.03. The number of ether oxygens (including phenoxy) is 1. The monoisotopic (exact) mass is 393 g/mol. The number of carbonyl (C=O) groups is 1. The molecule has 0 spiro atoms. The molecule has 1 aromatic rings. The fraction of sp³-hybridized carbons (Fsp3) is 0.429. The van der Waals surface area contributed by atoms with Gasteiger partial charge < -0.3 is 20.5 Å². The summed E-state index contributed by atoms with van der Waals surface area (Å²) in [5.41, 5.74) is -4.55. The lowest BCUT2D eigenvalue weighted by Gasteiger charge is -2.45. The van der Waals surface area contributed by atoms with Crippen LogP contribution in [0.3, 0.4) is 0 Å². The van der Waals surface area contributed by atoms with Gasteiger partial charge in [-0.15, -0.1) is 0 Å². The van der Waals surface area contributed by atoms with E-state index < -0.39 is 45.6 Å². The molecule has 1 saturated heterocycles. The molecule has 3 N–H and O–H groups in total. The molecule has 1 heterocycles. The van der Waals surface area contributed by atoms with E-state index in [4.69, 9.17) is 12.2 Å². The summed E-state index contributed by atoms with van der Waals surface area (Å²) in [6.45, 7) is 1.12. The van der Waals surface area contributed by atoms with Crippen LogP contribution < -0.4 is 10.6 Å². The topological polar surface area (TPSA) is 114 Å². The second-order valence-electron chi connectivity index (χ2n) is 5.39. The summed E-state index contributed by atoms with van der Waals surface area (Å²) < 4.78 is 45.3. The van der Waals surface area contributed by atoms with E-state index >= 15 is 0 Å². The molecular weight excluding hydrogens is 379 g/mol. The Bertz CT molecular complexity index is 745. The van der Waals surface area contributed by atoms with Crippen LogP contribution in [0.4, 0.5) is 18.9 Å². The van der Waals surface area contributed by atoms with Crippen molar-refractivity contribution in [2.75, 3.05) is 6.61 Å². The van der Waals surface area contributed by atoms with Crippen molar-refractivity contribution < 1.29 is 32.7 Å². The number of esters is 1. The van der Waals surface area contributed by atoms with Crippen LogP contribution in [0, 0.1) is 16.0 Å². The molecule has 0 amide bonds. The number of nitrogens with one attached hydrogen (secondary N) is 2. The van der Waals surface area contributed by atoms with Crippen molar-refractivity contribution >= 4 is 29.0 Å². The molecule has 8 nitrogen and oxygen atoms in total. The highest BCUT2D eigenvalue weighted by atomic mass is 32.1. The Morgan fingerprint density at radius 2 is 2.08 bits per heavy atom. The number of thiocarbonyl (C=S) groups is 1. The lowest BCUT2D eigenvalue weighted by atomic mass is 9.81. The van der Waals surface area contributed by atoms with E-state index in [1.54, 1.807) is 5.32 Å². The first-order valence-electron chi connectivity index (χ1n) is 7.30. The first kappa shape index (κ1) is 19.8. The first-order chi connectivity index (χ1) is 12.0. The van der Waals surface area contributed by atoms with Crippen molar-refractivity contribution in [1.82, 2.24) is 10.6 Å². The van der Waals surface area contributed by atoms with E-state index in [1.165, 1.54) is 25.1 Å². The maximum atomic E-state index is 13.6. The molecule has 1 aromatic carbocycles. The maximum absolute atomic E-state index is 13.6. The zero-order valence-electron chi connectivity index (χ0n) is 13.2. The molecular formula is C14H14F3N3O5S. The van der Waals surface area contributed by atoms with Crippen molar-refractivity contribution in [1.29, 1.82) is 0 Å². The lowest BCUT2D eigenvalue weighted by Crippen LogP contribution is -2.73. The summed E-state index contributed by atoms with van der Waals surface area (Å²) >= 11 is 4.71. The molecule has 2 rings (SSSR count). The maximum Gasteiger partial charge on any atom is 0.437 e. The number of hydrogen-bond acceptors (Lipinski definition) is 6. The SMILES string of the molecule is CCOC(=O)C1C(c2ccccc2[N+](=O)[O-])NC(=S)NC1(O)C(F)(F)F. The molecule has 0 saturated carbocycles. The predicted molar refractivity (Wildman–Crippen MR) is 85.8 cm³/mol. The van der Waals surface area contributed by atoms with Crippen LogP contribution in [0.15, 0.2) is 24.3 Å². The van der Waals surface area contributed by atoms with E-state index in [0.29, 0.717) is 0 Å². The van der Waals surface area contributed by atoms with Crippen LogP contribution in [0.1, 0.15) is 18.5 Å². The number of halogens is 3. The predicted octanol–water partition coefficient (Wildman–Crippen LogP) is 1.54. The molecule has 12 heteroatoms. The highest BCUT2D eigenvalue weighted by Crippen LogP contribution is 2.44. The summed E-state index contributed by atoms with van der Waals surface area (Å²) in [4.78, 5) is 22.7. The van der Waals surface area contributed by atoms with Gasteiger partial charge in [-0.1, -0.05) is 18.2 Å². The number of carbonyl (C=O) groups excluding carboxylic acids is 1. The molecule has 0 aromatic heterocycles. The third kappa shape index (κ3) is 3.42. The molecule has 3 atom stereocenters. The highest BCUT2D eigenvalue weighted by molar-refractivity contribution is 7.80.